The lowest BCUT2D eigenvalue weighted by molar-refractivity contribution is -0.125. The maximum absolute atomic E-state index is 13.6. The van der Waals surface area contributed by atoms with Crippen LogP contribution in [0.25, 0.3) is 0 Å². The number of benzene rings is 2. The van der Waals surface area contributed by atoms with Crippen molar-refractivity contribution < 1.29 is 4.79 Å². The predicted molar refractivity (Wildman–Crippen MR) is 99.2 cm³/mol. The molecule has 0 unspecified atom stereocenters. The maximum atomic E-state index is 13.6. The van der Waals surface area contributed by atoms with Crippen molar-refractivity contribution in [3.05, 3.63) is 71.8 Å². The van der Waals surface area contributed by atoms with Crippen molar-refractivity contribution in [3.8, 4) is 0 Å². The number of rotatable bonds is 7. The summed E-state index contributed by atoms with van der Waals surface area (Å²) in [5.74, 6) is 0.619. The quantitative estimate of drug-likeness (QED) is 0.758. The first kappa shape index (κ1) is 16.9. The molecule has 0 radical (unpaired) electrons. The molecule has 3 rings (SSSR count). The zero-order valence-electron chi connectivity index (χ0n) is 14.9. The van der Waals surface area contributed by atoms with Gasteiger partial charge in [0.05, 0.1) is 5.41 Å². The van der Waals surface area contributed by atoms with Crippen LogP contribution in [0, 0.1) is 5.92 Å². The van der Waals surface area contributed by atoms with Crippen molar-refractivity contribution in [1.29, 1.82) is 0 Å². The zero-order chi connectivity index (χ0) is 17.2. The minimum absolute atomic E-state index is 0.222. The first-order chi connectivity index (χ1) is 11.6. The third-order valence-electron chi connectivity index (χ3n) is 5.39. The first-order valence-electron chi connectivity index (χ1n) is 8.87. The Morgan fingerprint density at radius 2 is 1.46 bits per heavy atom. The average molecular weight is 321 g/mol. The predicted octanol–water partition coefficient (Wildman–Crippen LogP) is 4.29. The van der Waals surface area contributed by atoms with Crippen LogP contribution in [0.3, 0.4) is 0 Å². The number of carbonyl (C=O) groups is 1. The van der Waals surface area contributed by atoms with Crippen molar-refractivity contribution in [2.45, 2.75) is 37.6 Å². The lowest BCUT2D eigenvalue weighted by Gasteiger charge is -2.38. The van der Waals surface area contributed by atoms with E-state index in [0.717, 1.165) is 30.4 Å². The van der Waals surface area contributed by atoms with E-state index in [4.69, 9.17) is 0 Å². The monoisotopic (exact) mass is 321 g/mol. The Balaban J connectivity index is 2.17. The second-order valence-electron chi connectivity index (χ2n) is 7.29. The molecule has 2 aromatic carbocycles. The molecule has 0 amide bonds. The van der Waals surface area contributed by atoms with Gasteiger partial charge in [-0.2, -0.15) is 0 Å². The van der Waals surface area contributed by atoms with Gasteiger partial charge in [0, 0.05) is 12.0 Å². The molecule has 0 aromatic heterocycles. The molecule has 2 heteroatoms. The summed E-state index contributed by atoms with van der Waals surface area (Å²) in [6, 6.07) is 21.0. The van der Waals surface area contributed by atoms with Crippen molar-refractivity contribution in [2.75, 3.05) is 14.1 Å². The van der Waals surface area contributed by atoms with Crippen LogP contribution in [-0.4, -0.2) is 30.8 Å². The molecular weight excluding hydrogens is 294 g/mol. The molecule has 0 heterocycles. The van der Waals surface area contributed by atoms with Crippen LogP contribution in [0.5, 0.6) is 0 Å². The number of carbonyl (C=O) groups excluding carboxylic acids is 1. The molecule has 1 saturated carbocycles. The summed E-state index contributed by atoms with van der Waals surface area (Å²) in [6.45, 7) is 2.21. The van der Waals surface area contributed by atoms with Gasteiger partial charge in [-0.05, 0) is 51.4 Å². The number of hydrogen-bond donors (Lipinski definition) is 0. The third kappa shape index (κ3) is 3.16. The van der Waals surface area contributed by atoms with Gasteiger partial charge < -0.3 is 4.90 Å². The molecule has 0 spiro atoms. The molecule has 24 heavy (non-hydrogen) atoms. The average Bonchev–Trinajstić information content (AvgIpc) is 3.45. The Bertz CT molecular complexity index is 634. The summed E-state index contributed by atoms with van der Waals surface area (Å²) < 4.78 is 0. The summed E-state index contributed by atoms with van der Waals surface area (Å²) in [6.07, 6.45) is 2.89. The highest BCUT2D eigenvalue weighted by Crippen LogP contribution is 2.45. The second-order valence-corrected chi connectivity index (χ2v) is 7.29. The minimum Gasteiger partial charge on any atom is -0.307 e. The van der Waals surface area contributed by atoms with Gasteiger partial charge in [-0.25, -0.2) is 0 Å². The van der Waals surface area contributed by atoms with Crippen LogP contribution in [0.4, 0.5) is 0 Å². The first-order valence-corrected chi connectivity index (χ1v) is 8.87. The van der Waals surface area contributed by atoms with E-state index in [-0.39, 0.29) is 5.92 Å². The standard InChI is InChI=1S/C22H27NO/c1-17(23(2)3)16-22(21(24)18-14-15-18,19-10-6-4-7-11-19)20-12-8-5-9-13-20/h4-13,17-18H,14-16H2,1-3H3/t17-/m0/s1. The van der Waals surface area contributed by atoms with Crippen molar-refractivity contribution in [2.24, 2.45) is 5.92 Å². The van der Waals surface area contributed by atoms with Gasteiger partial charge in [0.2, 0.25) is 0 Å². The smallest absolute Gasteiger partial charge is 0.150 e. The summed E-state index contributed by atoms with van der Waals surface area (Å²) in [5.41, 5.74) is 1.71. The van der Waals surface area contributed by atoms with Gasteiger partial charge in [0.1, 0.15) is 0 Å². The summed E-state index contributed by atoms with van der Waals surface area (Å²) in [4.78, 5) is 15.8. The van der Waals surface area contributed by atoms with E-state index < -0.39 is 5.41 Å². The molecule has 1 aliphatic rings. The summed E-state index contributed by atoms with van der Waals surface area (Å²) in [5, 5.41) is 0. The van der Waals surface area contributed by atoms with E-state index in [1.54, 1.807) is 0 Å². The third-order valence-corrected chi connectivity index (χ3v) is 5.39. The van der Waals surface area contributed by atoms with Crippen LogP contribution in [0.2, 0.25) is 0 Å². The number of nitrogens with zero attached hydrogens (tertiary/aromatic N) is 1. The van der Waals surface area contributed by atoms with Crippen molar-refractivity contribution in [1.82, 2.24) is 4.90 Å². The van der Waals surface area contributed by atoms with E-state index in [9.17, 15) is 4.79 Å². The topological polar surface area (TPSA) is 20.3 Å². The molecule has 0 bridgehead atoms. The lowest BCUT2D eigenvalue weighted by atomic mass is 9.66. The Morgan fingerprint density at radius 1 is 1.00 bits per heavy atom. The lowest BCUT2D eigenvalue weighted by Crippen LogP contribution is -2.44. The molecule has 0 aliphatic heterocycles. The second kappa shape index (κ2) is 6.90. The van der Waals surface area contributed by atoms with Gasteiger partial charge >= 0.3 is 0 Å². The fourth-order valence-corrected chi connectivity index (χ4v) is 3.55. The normalized spacial score (nSPS) is 16.2. The van der Waals surface area contributed by atoms with E-state index in [0.29, 0.717) is 11.8 Å². The van der Waals surface area contributed by atoms with Crippen molar-refractivity contribution >= 4 is 5.78 Å². The van der Waals surface area contributed by atoms with E-state index >= 15 is 0 Å². The fraction of sp³-hybridized carbons (Fsp3) is 0.409. The molecule has 0 saturated heterocycles. The number of Topliss-reactive ketones (excluding diaryl/α,β-unsaturated/α-hetero) is 1. The van der Waals surface area contributed by atoms with Crippen molar-refractivity contribution in [3.63, 3.8) is 0 Å². The highest BCUT2D eigenvalue weighted by Gasteiger charge is 2.48. The van der Waals surface area contributed by atoms with Gasteiger partial charge in [-0.3, -0.25) is 4.79 Å². The largest absolute Gasteiger partial charge is 0.307 e. The molecule has 1 atom stereocenters. The van der Waals surface area contributed by atoms with E-state index in [2.05, 4.69) is 50.2 Å². The van der Waals surface area contributed by atoms with Gasteiger partial charge in [-0.1, -0.05) is 60.7 Å². The molecule has 0 N–H and O–H groups in total. The molecule has 1 fully saturated rings. The van der Waals surface area contributed by atoms with Crippen LogP contribution < -0.4 is 0 Å². The summed E-state index contributed by atoms with van der Waals surface area (Å²) in [7, 11) is 4.18. The van der Waals surface area contributed by atoms with Crippen LogP contribution >= 0.6 is 0 Å². The van der Waals surface area contributed by atoms with Gasteiger partial charge in [0.25, 0.3) is 0 Å². The van der Waals surface area contributed by atoms with Crippen LogP contribution in [-0.2, 0) is 10.2 Å². The SMILES string of the molecule is C[C@@H](CC(C(=O)C1CC1)(c1ccccc1)c1ccccc1)N(C)C. The van der Waals surface area contributed by atoms with Crippen LogP contribution in [0.1, 0.15) is 37.3 Å². The van der Waals surface area contributed by atoms with Gasteiger partial charge in [0.15, 0.2) is 5.78 Å². The molecule has 2 nitrogen and oxygen atoms in total. The number of hydrogen-bond acceptors (Lipinski definition) is 2. The molecular formula is C22H27NO. The Labute approximate surface area is 145 Å². The highest BCUT2D eigenvalue weighted by atomic mass is 16.1. The Hall–Kier alpha value is -1.93. The fourth-order valence-electron chi connectivity index (χ4n) is 3.55. The Kier molecular flexibility index (Phi) is 4.86. The molecule has 126 valence electrons. The number of ketones is 1. The maximum Gasteiger partial charge on any atom is 0.150 e. The van der Waals surface area contributed by atoms with Gasteiger partial charge in [-0.15, -0.1) is 0 Å². The molecule has 2 aromatic rings. The Morgan fingerprint density at radius 3 is 1.83 bits per heavy atom. The molecule has 1 aliphatic carbocycles. The zero-order valence-corrected chi connectivity index (χ0v) is 14.9. The van der Waals surface area contributed by atoms with E-state index in [1.807, 2.05) is 36.4 Å². The summed E-state index contributed by atoms with van der Waals surface area (Å²) >= 11 is 0. The van der Waals surface area contributed by atoms with E-state index in [1.165, 1.54) is 0 Å². The van der Waals surface area contributed by atoms with Crippen LogP contribution in [0.15, 0.2) is 60.7 Å². The minimum atomic E-state index is -0.548. The highest BCUT2D eigenvalue weighted by molar-refractivity contribution is 5.97.